The predicted molar refractivity (Wildman–Crippen MR) is 49.5 cm³/mol. The predicted octanol–water partition coefficient (Wildman–Crippen LogP) is 1.21. The molecule has 0 fully saturated rings. The van der Waals surface area contributed by atoms with E-state index in [1.54, 1.807) is 24.7 Å². The maximum Gasteiger partial charge on any atom is 0.328 e. The molecule has 0 aliphatic carbocycles. The Hall–Kier alpha value is -1.36. The van der Waals surface area contributed by atoms with E-state index >= 15 is 0 Å². The van der Waals surface area contributed by atoms with Gasteiger partial charge in [-0.25, -0.2) is 9.78 Å². The lowest BCUT2D eigenvalue weighted by Crippen LogP contribution is -1.87. The first-order chi connectivity index (χ1) is 6.29. The van der Waals surface area contributed by atoms with E-state index in [1.165, 1.54) is 11.8 Å². The van der Waals surface area contributed by atoms with E-state index < -0.39 is 5.97 Å². The fraction of sp³-hybridized carbons (Fsp3) is 0.125. The highest BCUT2D eigenvalue weighted by Crippen LogP contribution is 2.12. The molecule has 0 aromatic carbocycles. The van der Waals surface area contributed by atoms with E-state index in [1.807, 2.05) is 0 Å². The molecule has 5 heteroatoms. The Kier molecular flexibility index (Phi) is 3.98. The molecule has 1 aromatic heterocycles. The second-order valence-corrected chi connectivity index (χ2v) is 3.14. The van der Waals surface area contributed by atoms with Crippen LogP contribution in [0.1, 0.15) is 0 Å². The van der Waals surface area contributed by atoms with Gasteiger partial charge in [0.2, 0.25) is 0 Å². The van der Waals surface area contributed by atoms with Crippen LogP contribution >= 0.6 is 11.8 Å². The lowest BCUT2D eigenvalue weighted by molar-refractivity contribution is -0.131. The molecule has 0 aliphatic rings. The number of hydrogen-bond acceptors (Lipinski definition) is 4. The number of nitrogens with zero attached hydrogens (tertiary/aromatic N) is 2. The van der Waals surface area contributed by atoms with Gasteiger partial charge in [-0.1, -0.05) is 6.08 Å². The van der Waals surface area contributed by atoms with E-state index in [4.69, 9.17) is 5.11 Å². The largest absolute Gasteiger partial charge is 0.478 e. The van der Waals surface area contributed by atoms with Gasteiger partial charge in [-0.2, -0.15) is 0 Å². The first kappa shape index (κ1) is 9.73. The summed E-state index contributed by atoms with van der Waals surface area (Å²) in [5.41, 5.74) is 0. The zero-order valence-corrected chi connectivity index (χ0v) is 7.57. The first-order valence-corrected chi connectivity index (χ1v) is 4.56. The molecule has 1 rings (SSSR count). The van der Waals surface area contributed by atoms with Crippen LogP contribution in [0.3, 0.4) is 0 Å². The topological polar surface area (TPSA) is 63.1 Å². The van der Waals surface area contributed by atoms with Crippen molar-refractivity contribution in [2.75, 3.05) is 5.75 Å². The third-order valence-corrected chi connectivity index (χ3v) is 1.99. The van der Waals surface area contributed by atoms with Gasteiger partial charge in [-0.05, 0) is 0 Å². The molecule has 1 N–H and O–H groups in total. The van der Waals surface area contributed by atoms with Crippen LogP contribution < -0.4 is 0 Å². The number of carboxylic acids is 1. The molecule has 1 heterocycles. The average molecular weight is 196 g/mol. The summed E-state index contributed by atoms with van der Waals surface area (Å²) in [5, 5.41) is 9.08. The molecule has 0 radical (unpaired) electrons. The average Bonchev–Trinajstić information content (AvgIpc) is 2.14. The Labute approximate surface area is 79.7 Å². The highest BCUT2D eigenvalue weighted by molar-refractivity contribution is 7.99. The summed E-state index contributed by atoms with van der Waals surface area (Å²) in [5.74, 6) is -0.343. The Bertz CT molecular complexity index is 300. The van der Waals surface area contributed by atoms with Crippen LogP contribution in [0.4, 0.5) is 0 Å². The normalized spacial score (nSPS) is 10.5. The highest BCUT2D eigenvalue weighted by Gasteiger charge is 1.91. The Morgan fingerprint density at radius 3 is 3.08 bits per heavy atom. The van der Waals surface area contributed by atoms with E-state index in [-0.39, 0.29) is 0 Å². The minimum Gasteiger partial charge on any atom is -0.478 e. The fourth-order valence-electron chi connectivity index (χ4n) is 0.642. The first-order valence-electron chi connectivity index (χ1n) is 3.57. The van der Waals surface area contributed by atoms with Crippen molar-refractivity contribution in [2.24, 2.45) is 0 Å². The van der Waals surface area contributed by atoms with Gasteiger partial charge in [0.05, 0.1) is 6.20 Å². The maximum absolute atomic E-state index is 10.1. The molecule has 0 saturated carbocycles. The number of rotatable bonds is 4. The van der Waals surface area contributed by atoms with Crippen molar-refractivity contribution >= 4 is 17.7 Å². The summed E-state index contributed by atoms with van der Waals surface area (Å²) >= 11 is 1.44. The van der Waals surface area contributed by atoms with E-state index in [2.05, 4.69) is 9.97 Å². The van der Waals surface area contributed by atoms with Gasteiger partial charge >= 0.3 is 5.97 Å². The van der Waals surface area contributed by atoms with E-state index in [0.717, 1.165) is 11.1 Å². The molecule has 0 amide bonds. The van der Waals surface area contributed by atoms with Crippen molar-refractivity contribution in [1.29, 1.82) is 0 Å². The maximum atomic E-state index is 10.1. The summed E-state index contributed by atoms with van der Waals surface area (Å²) in [6.45, 7) is 0. The second kappa shape index (κ2) is 5.31. The Balaban J connectivity index is 2.32. The molecule has 0 atom stereocenters. The van der Waals surface area contributed by atoms with Gasteiger partial charge in [0.1, 0.15) is 5.03 Å². The summed E-state index contributed by atoms with van der Waals surface area (Å²) in [4.78, 5) is 18.0. The minimum absolute atomic E-state index is 0.588. The molecule has 0 spiro atoms. The van der Waals surface area contributed by atoms with Crippen molar-refractivity contribution in [3.8, 4) is 0 Å². The van der Waals surface area contributed by atoms with Crippen molar-refractivity contribution in [1.82, 2.24) is 9.97 Å². The van der Waals surface area contributed by atoms with Crippen LogP contribution in [0.15, 0.2) is 35.8 Å². The molecule has 68 valence electrons. The fourth-order valence-corrected chi connectivity index (χ4v) is 1.28. The standard InChI is InChI=1S/C8H8N2O2S/c11-8(12)2-1-5-13-7-6-9-3-4-10-7/h1-4,6H,5H2,(H,11,12)/b2-1+. The van der Waals surface area contributed by atoms with Crippen molar-refractivity contribution < 1.29 is 9.90 Å². The van der Waals surface area contributed by atoms with E-state index in [9.17, 15) is 4.79 Å². The van der Waals surface area contributed by atoms with Gasteiger partial charge in [-0.15, -0.1) is 11.8 Å². The van der Waals surface area contributed by atoms with Crippen LogP contribution in [-0.4, -0.2) is 26.8 Å². The minimum atomic E-state index is -0.931. The Morgan fingerprint density at radius 2 is 2.46 bits per heavy atom. The quantitative estimate of drug-likeness (QED) is 0.579. The zero-order chi connectivity index (χ0) is 9.52. The lowest BCUT2D eigenvalue weighted by atomic mass is 10.5. The molecule has 0 saturated heterocycles. The van der Waals surface area contributed by atoms with Crippen LogP contribution in [0, 0.1) is 0 Å². The van der Waals surface area contributed by atoms with Gasteiger partial charge in [0, 0.05) is 24.2 Å². The zero-order valence-electron chi connectivity index (χ0n) is 6.75. The van der Waals surface area contributed by atoms with Crippen molar-refractivity contribution in [3.05, 3.63) is 30.7 Å². The third kappa shape index (κ3) is 4.27. The van der Waals surface area contributed by atoms with Gasteiger partial charge in [-0.3, -0.25) is 4.98 Å². The van der Waals surface area contributed by atoms with Crippen LogP contribution in [0.25, 0.3) is 0 Å². The molecular weight excluding hydrogens is 188 g/mol. The Morgan fingerprint density at radius 1 is 1.62 bits per heavy atom. The lowest BCUT2D eigenvalue weighted by Gasteiger charge is -1.93. The van der Waals surface area contributed by atoms with Crippen molar-refractivity contribution in [3.63, 3.8) is 0 Å². The monoisotopic (exact) mass is 196 g/mol. The number of carbonyl (C=O) groups is 1. The summed E-state index contributed by atoms with van der Waals surface area (Å²) in [6, 6.07) is 0. The molecular formula is C8H8N2O2S. The summed E-state index contributed by atoms with van der Waals surface area (Å²) < 4.78 is 0. The van der Waals surface area contributed by atoms with Crippen molar-refractivity contribution in [2.45, 2.75) is 5.03 Å². The van der Waals surface area contributed by atoms with Gasteiger partial charge < -0.3 is 5.11 Å². The SMILES string of the molecule is O=C(O)/C=C/CSc1cnccn1. The number of carboxylic acid groups (broad SMARTS) is 1. The van der Waals surface area contributed by atoms with E-state index in [0.29, 0.717) is 5.75 Å². The van der Waals surface area contributed by atoms with Crippen LogP contribution in [0.5, 0.6) is 0 Å². The summed E-state index contributed by atoms with van der Waals surface area (Å²) in [7, 11) is 0. The smallest absolute Gasteiger partial charge is 0.328 e. The number of thioether (sulfide) groups is 1. The van der Waals surface area contributed by atoms with Crippen LogP contribution in [0.2, 0.25) is 0 Å². The number of hydrogen-bond donors (Lipinski definition) is 1. The highest BCUT2D eigenvalue weighted by atomic mass is 32.2. The van der Waals surface area contributed by atoms with Crippen LogP contribution in [-0.2, 0) is 4.79 Å². The second-order valence-electron chi connectivity index (χ2n) is 2.10. The summed E-state index contributed by atoms with van der Waals surface area (Å²) in [6.07, 6.45) is 7.52. The number of aromatic nitrogens is 2. The molecule has 0 aliphatic heterocycles. The third-order valence-electron chi connectivity index (χ3n) is 1.13. The van der Waals surface area contributed by atoms with Gasteiger partial charge in [0.25, 0.3) is 0 Å². The molecule has 0 unspecified atom stereocenters. The molecule has 13 heavy (non-hydrogen) atoms. The van der Waals surface area contributed by atoms with Gasteiger partial charge in [0.15, 0.2) is 0 Å². The molecule has 4 nitrogen and oxygen atoms in total. The number of aliphatic carboxylic acids is 1. The molecule has 0 bridgehead atoms. The molecule has 1 aromatic rings.